The molecule has 4 rings (SSSR count). The maximum absolute atomic E-state index is 12.3. The van der Waals surface area contributed by atoms with E-state index < -0.39 is 6.04 Å². The van der Waals surface area contributed by atoms with E-state index in [4.69, 9.17) is 4.74 Å². The molecule has 0 aliphatic heterocycles. The lowest BCUT2D eigenvalue weighted by atomic mass is 10.1. The van der Waals surface area contributed by atoms with Crippen molar-refractivity contribution in [3.05, 3.63) is 114 Å². The molecule has 1 aromatic heterocycles. The SMILES string of the molecule is COC(=O)[C@H](Cc1ccccc1)Nc1nccc(-c2ccc(/C=C\c3ccccc3)cc2)n1. The van der Waals surface area contributed by atoms with Crippen molar-refractivity contribution < 1.29 is 9.53 Å². The van der Waals surface area contributed by atoms with Gasteiger partial charge >= 0.3 is 5.97 Å². The summed E-state index contributed by atoms with van der Waals surface area (Å²) in [6.07, 6.45) is 6.33. The number of ether oxygens (including phenoxy) is 1. The van der Waals surface area contributed by atoms with Crippen molar-refractivity contribution in [2.75, 3.05) is 12.4 Å². The number of methoxy groups -OCH3 is 1. The monoisotopic (exact) mass is 435 g/mol. The highest BCUT2D eigenvalue weighted by Crippen LogP contribution is 2.20. The number of nitrogens with zero attached hydrogens (tertiary/aromatic N) is 2. The van der Waals surface area contributed by atoms with Gasteiger partial charge in [0.2, 0.25) is 5.95 Å². The molecule has 0 aliphatic carbocycles. The molecule has 1 N–H and O–H groups in total. The highest BCUT2D eigenvalue weighted by Gasteiger charge is 2.20. The van der Waals surface area contributed by atoms with Gasteiger partial charge in [-0.1, -0.05) is 97.1 Å². The number of esters is 1. The molecule has 0 radical (unpaired) electrons. The number of aromatic nitrogens is 2. The maximum atomic E-state index is 12.3. The Labute approximate surface area is 193 Å². The molecule has 4 aromatic rings. The molecule has 1 heterocycles. The van der Waals surface area contributed by atoms with Gasteiger partial charge in [-0.05, 0) is 22.8 Å². The highest BCUT2D eigenvalue weighted by molar-refractivity contribution is 5.79. The molecule has 0 aliphatic rings. The topological polar surface area (TPSA) is 64.1 Å². The van der Waals surface area contributed by atoms with Gasteiger partial charge < -0.3 is 10.1 Å². The third-order valence-electron chi connectivity index (χ3n) is 5.20. The quantitative estimate of drug-likeness (QED) is 0.292. The number of anilines is 1. The fourth-order valence-corrected chi connectivity index (χ4v) is 3.45. The number of nitrogens with one attached hydrogen (secondary N) is 1. The Balaban J connectivity index is 1.48. The van der Waals surface area contributed by atoms with Gasteiger partial charge in [0, 0.05) is 18.2 Å². The standard InChI is InChI=1S/C28H25N3O2/c1-33-27(32)26(20-23-10-6-3-7-11-23)31-28-29-19-18-25(30-28)24-16-14-22(15-17-24)13-12-21-8-4-2-5-9-21/h2-19,26H,20H2,1H3,(H,29,30,31)/b13-12-/t26-/m0/s1. The Morgan fingerprint density at radius 2 is 1.52 bits per heavy atom. The Bertz CT molecular complexity index is 1210. The number of hydrogen-bond donors (Lipinski definition) is 1. The summed E-state index contributed by atoms with van der Waals surface area (Å²) in [5.74, 6) is 0.0225. The van der Waals surface area contributed by atoms with E-state index in [-0.39, 0.29) is 5.97 Å². The molecule has 0 fully saturated rings. The average Bonchev–Trinajstić information content (AvgIpc) is 2.88. The van der Waals surface area contributed by atoms with E-state index in [1.807, 2.05) is 66.7 Å². The normalized spacial score (nSPS) is 11.8. The lowest BCUT2D eigenvalue weighted by molar-refractivity contribution is -0.141. The van der Waals surface area contributed by atoms with Crippen LogP contribution < -0.4 is 5.32 Å². The van der Waals surface area contributed by atoms with E-state index in [2.05, 4.69) is 51.7 Å². The summed E-state index contributed by atoms with van der Waals surface area (Å²) in [5.41, 5.74) is 5.02. The number of rotatable bonds is 8. The lowest BCUT2D eigenvalue weighted by Gasteiger charge is -2.17. The van der Waals surface area contributed by atoms with E-state index in [9.17, 15) is 4.79 Å². The van der Waals surface area contributed by atoms with Crippen LogP contribution in [0.15, 0.2) is 97.2 Å². The molecule has 33 heavy (non-hydrogen) atoms. The van der Waals surface area contributed by atoms with Gasteiger partial charge in [-0.25, -0.2) is 14.8 Å². The third-order valence-corrected chi connectivity index (χ3v) is 5.20. The molecule has 0 amide bonds. The van der Waals surface area contributed by atoms with Crippen molar-refractivity contribution in [1.29, 1.82) is 0 Å². The molecule has 5 nitrogen and oxygen atoms in total. The summed E-state index contributed by atoms with van der Waals surface area (Å²) in [6, 6.07) is 29.4. The van der Waals surface area contributed by atoms with Gasteiger partial charge in [0.25, 0.3) is 0 Å². The third kappa shape index (κ3) is 6.14. The van der Waals surface area contributed by atoms with E-state index in [0.717, 1.165) is 27.9 Å². The van der Waals surface area contributed by atoms with E-state index >= 15 is 0 Å². The first kappa shape index (κ1) is 22.0. The largest absolute Gasteiger partial charge is 0.467 e. The Hall–Kier alpha value is -4.25. The molecule has 0 spiro atoms. The second-order valence-corrected chi connectivity index (χ2v) is 7.54. The Morgan fingerprint density at radius 3 is 2.18 bits per heavy atom. The minimum Gasteiger partial charge on any atom is -0.467 e. The van der Waals surface area contributed by atoms with Crippen molar-refractivity contribution in [3.8, 4) is 11.3 Å². The Morgan fingerprint density at radius 1 is 0.879 bits per heavy atom. The van der Waals surface area contributed by atoms with Gasteiger partial charge in [0.15, 0.2) is 0 Å². The van der Waals surface area contributed by atoms with Crippen molar-refractivity contribution in [2.24, 2.45) is 0 Å². The van der Waals surface area contributed by atoms with Gasteiger partial charge in [-0.15, -0.1) is 0 Å². The van der Waals surface area contributed by atoms with Crippen molar-refractivity contribution in [2.45, 2.75) is 12.5 Å². The zero-order valence-electron chi connectivity index (χ0n) is 18.4. The molecular formula is C28H25N3O2. The van der Waals surface area contributed by atoms with Crippen molar-refractivity contribution in [1.82, 2.24) is 9.97 Å². The number of benzene rings is 3. The maximum Gasteiger partial charge on any atom is 0.328 e. The molecule has 5 heteroatoms. The van der Waals surface area contributed by atoms with Crippen LogP contribution in [0.2, 0.25) is 0 Å². The molecule has 0 unspecified atom stereocenters. The van der Waals surface area contributed by atoms with Gasteiger partial charge in [0.05, 0.1) is 12.8 Å². The van der Waals surface area contributed by atoms with Crippen molar-refractivity contribution >= 4 is 24.1 Å². The van der Waals surface area contributed by atoms with E-state index in [1.165, 1.54) is 7.11 Å². The summed E-state index contributed by atoms with van der Waals surface area (Å²) in [7, 11) is 1.38. The summed E-state index contributed by atoms with van der Waals surface area (Å²) in [4.78, 5) is 21.2. The minimum absolute atomic E-state index is 0.359. The second kappa shape index (κ2) is 10.9. The first-order valence-corrected chi connectivity index (χ1v) is 10.8. The molecule has 0 saturated heterocycles. The molecule has 0 bridgehead atoms. The predicted molar refractivity (Wildman–Crippen MR) is 132 cm³/mol. The number of carbonyl (C=O) groups is 1. The first-order chi connectivity index (χ1) is 16.2. The van der Waals surface area contributed by atoms with E-state index in [0.29, 0.717) is 12.4 Å². The van der Waals surface area contributed by atoms with Crippen LogP contribution in [0.1, 0.15) is 16.7 Å². The van der Waals surface area contributed by atoms with Crippen LogP contribution >= 0.6 is 0 Å². The molecule has 0 saturated carbocycles. The van der Waals surface area contributed by atoms with E-state index in [1.54, 1.807) is 6.20 Å². The van der Waals surface area contributed by atoms with Gasteiger partial charge in [-0.3, -0.25) is 0 Å². The molecule has 164 valence electrons. The zero-order chi connectivity index (χ0) is 22.9. The number of carbonyl (C=O) groups excluding carboxylic acids is 1. The van der Waals surface area contributed by atoms with Crippen LogP contribution in [0.3, 0.4) is 0 Å². The van der Waals surface area contributed by atoms with Crippen LogP contribution in [0, 0.1) is 0 Å². The Kier molecular flexibility index (Phi) is 7.23. The zero-order valence-corrected chi connectivity index (χ0v) is 18.4. The molecule has 1 atom stereocenters. The fraction of sp³-hybridized carbons (Fsp3) is 0.107. The first-order valence-electron chi connectivity index (χ1n) is 10.8. The lowest BCUT2D eigenvalue weighted by Crippen LogP contribution is -2.33. The fourth-order valence-electron chi connectivity index (χ4n) is 3.45. The van der Waals surface area contributed by atoms with Gasteiger partial charge in [0.1, 0.15) is 6.04 Å². The van der Waals surface area contributed by atoms with Crippen LogP contribution in [-0.2, 0) is 16.0 Å². The average molecular weight is 436 g/mol. The molecule has 3 aromatic carbocycles. The van der Waals surface area contributed by atoms with Gasteiger partial charge in [-0.2, -0.15) is 0 Å². The summed E-state index contributed by atoms with van der Waals surface area (Å²) >= 11 is 0. The van der Waals surface area contributed by atoms with Crippen LogP contribution in [0.4, 0.5) is 5.95 Å². The molecular weight excluding hydrogens is 410 g/mol. The predicted octanol–water partition coefficient (Wildman–Crippen LogP) is 5.51. The smallest absolute Gasteiger partial charge is 0.328 e. The van der Waals surface area contributed by atoms with Crippen LogP contribution in [-0.4, -0.2) is 29.1 Å². The highest BCUT2D eigenvalue weighted by atomic mass is 16.5. The summed E-state index contributed by atoms with van der Waals surface area (Å²) in [6.45, 7) is 0. The summed E-state index contributed by atoms with van der Waals surface area (Å²) in [5, 5.41) is 3.13. The second-order valence-electron chi connectivity index (χ2n) is 7.54. The van der Waals surface area contributed by atoms with Crippen LogP contribution in [0.5, 0.6) is 0 Å². The number of hydrogen-bond acceptors (Lipinski definition) is 5. The summed E-state index contributed by atoms with van der Waals surface area (Å²) < 4.78 is 4.98. The van der Waals surface area contributed by atoms with Crippen LogP contribution in [0.25, 0.3) is 23.4 Å². The minimum atomic E-state index is -0.585. The van der Waals surface area contributed by atoms with Crippen molar-refractivity contribution in [3.63, 3.8) is 0 Å².